The van der Waals surface area contributed by atoms with E-state index in [1.165, 1.54) is 6.07 Å². The van der Waals surface area contributed by atoms with Crippen LogP contribution in [0.2, 0.25) is 15.1 Å². The predicted molar refractivity (Wildman–Crippen MR) is 97.7 cm³/mol. The molecule has 0 aliphatic rings. The van der Waals surface area contributed by atoms with E-state index in [1.807, 2.05) is 19.1 Å². The van der Waals surface area contributed by atoms with Gasteiger partial charge in [0.2, 0.25) is 0 Å². The van der Waals surface area contributed by atoms with Gasteiger partial charge >= 0.3 is 0 Å². The van der Waals surface area contributed by atoms with Crippen LogP contribution < -0.4 is 5.32 Å². The largest absolute Gasteiger partial charge is 0.306 e. The van der Waals surface area contributed by atoms with E-state index in [9.17, 15) is 4.79 Å². The maximum Gasteiger partial charge on any atom is 0.258 e. The van der Waals surface area contributed by atoms with Gasteiger partial charge in [-0.25, -0.2) is 4.68 Å². The van der Waals surface area contributed by atoms with Gasteiger partial charge in [0.25, 0.3) is 5.91 Å². The standard InChI is InChI=1S/C17H12Cl3N3O/c1-10-8-16(23(22-10)13-5-2-11(18)3-6-13)21-17(24)14-7-4-12(19)9-15(14)20/h2-9H,1H3,(H,21,24). The average molecular weight is 381 g/mol. The summed E-state index contributed by atoms with van der Waals surface area (Å²) in [5.41, 5.74) is 1.88. The monoisotopic (exact) mass is 379 g/mol. The number of aryl methyl sites for hydroxylation is 1. The number of carbonyl (C=O) groups excluding carboxylic acids is 1. The summed E-state index contributed by atoms with van der Waals surface area (Å²) in [6.07, 6.45) is 0. The Bertz CT molecular complexity index is 904. The molecule has 0 saturated carbocycles. The molecule has 3 aromatic rings. The van der Waals surface area contributed by atoms with Gasteiger partial charge in [-0.15, -0.1) is 0 Å². The van der Waals surface area contributed by atoms with Crippen molar-refractivity contribution in [1.29, 1.82) is 0 Å². The molecule has 0 bridgehead atoms. The zero-order valence-electron chi connectivity index (χ0n) is 12.6. The van der Waals surface area contributed by atoms with E-state index in [4.69, 9.17) is 34.8 Å². The van der Waals surface area contributed by atoms with E-state index in [1.54, 1.807) is 35.0 Å². The number of hydrogen-bond donors (Lipinski definition) is 1. The van der Waals surface area contributed by atoms with Gasteiger partial charge in [0.15, 0.2) is 0 Å². The minimum atomic E-state index is -0.341. The molecule has 0 aliphatic carbocycles. The highest BCUT2D eigenvalue weighted by molar-refractivity contribution is 6.37. The average Bonchev–Trinajstić information content (AvgIpc) is 2.88. The maximum absolute atomic E-state index is 12.5. The second kappa shape index (κ2) is 6.85. The van der Waals surface area contributed by atoms with Gasteiger partial charge in [-0.2, -0.15) is 5.10 Å². The van der Waals surface area contributed by atoms with Crippen LogP contribution in [-0.4, -0.2) is 15.7 Å². The fourth-order valence-electron chi connectivity index (χ4n) is 2.22. The summed E-state index contributed by atoms with van der Waals surface area (Å²) in [6.45, 7) is 1.84. The van der Waals surface area contributed by atoms with Gasteiger partial charge in [-0.3, -0.25) is 4.79 Å². The molecule has 0 aliphatic heterocycles. The lowest BCUT2D eigenvalue weighted by Crippen LogP contribution is -2.15. The molecule has 0 radical (unpaired) electrons. The third-order valence-electron chi connectivity index (χ3n) is 3.32. The molecular formula is C17H12Cl3N3O. The SMILES string of the molecule is Cc1cc(NC(=O)c2ccc(Cl)cc2Cl)n(-c2ccc(Cl)cc2)n1. The van der Waals surface area contributed by atoms with E-state index < -0.39 is 0 Å². The summed E-state index contributed by atoms with van der Waals surface area (Å²) >= 11 is 17.9. The molecule has 0 spiro atoms. The van der Waals surface area contributed by atoms with Gasteiger partial charge in [0.05, 0.1) is 22.0 Å². The van der Waals surface area contributed by atoms with Crippen molar-refractivity contribution in [3.63, 3.8) is 0 Å². The van der Waals surface area contributed by atoms with Crippen molar-refractivity contribution < 1.29 is 4.79 Å². The van der Waals surface area contributed by atoms with Crippen LogP contribution in [0.5, 0.6) is 0 Å². The Morgan fingerprint density at radius 2 is 1.67 bits per heavy atom. The number of nitrogens with one attached hydrogen (secondary N) is 1. The summed E-state index contributed by atoms with van der Waals surface area (Å²) in [5.74, 6) is 0.192. The number of hydrogen-bond acceptors (Lipinski definition) is 2. The number of aromatic nitrogens is 2. The van der Waals surface area contributed by atoms with Crippen molar-refractivity contribution in [2.75, 3.05) is 5.32 Å². The van der Waals surface area contributed by atoms with Gasteiger partial charge in [-0.1, -0.05) is 34.8 Å². The lowest BCUT2D eigenvalue weighted by Gasteiger charge is -2.10. The topological polar surface area (TPSA) is 46.9 Å². The first-order chi connectivity index (χ1) is 11.4. The lowest BCUT2D eigenvalue weighted by molar-refractivity contribution is 0.102. The van der Waals surface area contributed by atoms with Gasteiger partial charge in [-0.05, 0) is 49.4 Å². The first-order valence-electron chi connectivity index (χ1n) is 7.03. The molecule has 1 amide bonds. The molecular weight excluding hydrogens is 369 g/mol. The van der Waals surface area contributed by atoms with Crippen LogP contribution in [0.3, 0.4) is 0 Å². The van der Waals surface area contributed by atoms with Crippen LogP contribution in [0.15, 0.2) is 48.5 Å². The van der Waals surface area contributed by atoms with Crippen LogP contribution in [0.1, 0.15) is 16.1 Å². The number of rotatable bonds is 3. The van der Waals surface area contributed by atoms with Crippen molar-refractivity contribution in [3.8, 4) is 5.69 Å². The van der Waals surface area contributed by atoms with E-state index >= 15 is 0 Å². The quantitative estimate of drug-likeness (QED) is 0.662. The number of amides is 1. The molecule has 2 aromatic carbocycles. The molecule has 0 atom stereocenters. The van der Waals surface area contributed by atoms with E-state index in [-0.39, 0.29) is 10.9 Å². The highest BCUT2D eigenvalue weighted by Gasteiger charge is 2.15. The Kier molecular flexibility index (Phi) is 4.81. The second-order valence-electron chi connectivity index (χ2n) is 5.14. The maximum atomic E-state index is 12.5. The van der Waals surface area contributed by atoms with Crippen LogP contribution >= 0.6 is 34.8 Å². The van der Waals surface area contributed by atoms with Crippen LogP contribution in [0.25, 0.3) is 5.69 Å². The van der Waals surface area contributed by atoms with Crippen molar-refractivity contribution in [1.82, 2.24) is 9.78 Å². The zero-order chi connectivity index (χ0) is 17.3. The molecule has 0 unspecified atom stereocenters. The summed E-state index contributed by atoms with van der Waals surface area (Å²) in [6, 6.07) is 13.7. The fourth-order valence-corrected chi connectivity index (χ4v) is 2.85. The van der Waals surface area contributed by atoms with Gasteiger partial charge in [0.1, 0.15) is 5.82 Å². The highest BCUT2D eigenvalue weighted by Crippen LogP contribution is 2.24. The Hall–Kier alpha value is -2.01. The third kappa shape index (κ3) is 3.56. The first kappa shape index (κ1) is 16.8. The molecule has 1 heterocycles. The highest BCUT2D eigenvalue weighted by atomic mass is 35.5. The predicted octanol–water partition coefficient (Wildman–Crippen LogP) is 5.39. The van der Waals surface area contributed by atoms with Crippen molar-refractivity contribution in [3.05, 3.63) is 74.9 Å². The number of anilines is 1. The fraction of sp³-hybridized carbons (Fsp3) is 0.0588. The van der Waals surface area contributed by atoms with E-state index in [2.05, 4.69) is 10.4 Å². The molecule has 0 fully saturated rings. The van der Waals surface area contributed by atoms with E-state index in [0.29, 0.717) is 21.4 Å². The second-order valence-corrected chi connectivity index (χ2v) is 6.42. The summed E-state index contributed by atoms with van der Waals surface area (Å²) in [5, 5.41) is 8.60. The van der Waals surface area contributed by atoms with Crippen molar-refractivity contribution in [2.45, 2.75) is 6.92 Å². The zero-order valence-corrected chi connectivity index (χ0v) is 14.8. The van der Waals surface area contributed by atoms with Crippen molar-refractivity contribution in [2.24, 2.45) is 0 Å². The lowest BCUT2D eigenvalue weighted by atomic mass is 10.2. The van der Waals surface area contributed by atoms with E-state index in [0.717, 1.165) is 11.4 Å². The molecule has 7 heteroatoms. The van der Waals surface area contributed by atoms with Gasteiger partial charge < -0.3 is 5.32 Å². The Morgan fingerprint density at radius 1 is 1.00 bits per heavy atom. The Morgan fingerprint density at radius 3 is 2.33 bits per heavy atom. The molecule has 1 N–H and O–H groups in total. The molecule has 24 heavy (non-hydrogen) atoms. The molecule has 1 aromatic heterocycles. The van der Waals surface area contributed by atoms with Crippen LogP contribution in [0, 0.1) is 6.92 Å². The smallest absolute Gasteiger partial charge is 0.258 e. The molecule has 3 rings (SSSR count). The first-order valence-corrected chi connectivity index (χ1v) is 8.16. The number of nitrogens with zero attached hydrogens (tertiary/aromatic N) is 2. The number of benzene rings is 2. The summed E-state index contributed by atoms with van der Waals surface area (Å²) in [4.78, 5) is 12.5. The number of halogens is 3. The minimum absolute atomic E-state index is 0.286. The number of carbonyl (C=O) groups is 1. The minimum Gasteiger partial charge on any atom is -0.306 e. The third-order valence-corrected chi connectivity index (χ3v) is 4.12. The summed E-state index contributed by atoms with van der Waals surface area (Å²) in [7, 11) is 0. The van der Waals surface area contributed by atoms with Crippen LogP contribution in [0.4, 0.5) is 5.82 Å². The van der Waals surface area contributed by atoms with Crippen molar-refractivity contribution >= 4 is 46.5 Å². The Balaban J connectivity index is 1.93. The molecule has 122 valence electrons. The Labute approximate surface area is 154 Å². The van der Waals surface area contributed by atoms with Crippen LogP contribution in [-0.2, 0) is 0 Å². The summed E-state index contributed by atoms with van der Waals surface area (Å²) < 4.78 is 1.63. The normalized spacial score (nSPS) is 10.7. The molecule has 0 saturated heterocycles. The molecule has 4 nitrogen and oxygen atoms in total. The van der Waals surface area contributed by atoms with Gasteiger partial charge in [0, 0.05) is 16.1 Å².